The maximum atomic E-state index is 12.5. The molecule has 0 atom stereocenters. The van der Waals surface area contributed by atoms with E-state index in [1.807, 2.05) is 0 Å². The first-order chi connectivity index (χ1) is 11.0. The second-order valence-corrected chi connectivity index (χ2v) is 7.87. The summed E-state index contributed by atoms with van der Waals surface area (Å²) in [6.45, 7) is 0. The Bertz CT molecular complexity index is 1040. The molecule has 0 heterocycles. The zero-order chi connectivity index (χ0) is 17.9. The fourth-order valence-electron chi connectivity index (χ4n) is 2.43. The van der Waals surface area contributed by atoms with Gasteiger partial charge in [-0.05, 0) is 36.4 Å². The molecular weight excluding hydrogens is 376 g/mol. The lowest BCUT2D eigenvalue weighted by atomic mass is 9.84. The summed E-state index contributed by atoms with van der Waals surface area (Å²) in [7, 11) is -9.11. The molecule has 1 aliphatic rings. The van der Waals surface area contributed by atoms with E-state index < -0.39 is 41.6 Å². The van der Waals surface area contributed by atoms with Gasteiger partial charge in [0.2, 0.25) is 0 Å². The average Bonchev–Trinajstić information content (AvgIpc) is 2.49. The van der Waals surface area contributed by atoms with Crippen LogP contribution in [0.5, 0.6) is 0 Å². The molecule has 1 aliphatic carbocycles. The van der Waals surface area contributed by atoms with E-state index >= 15 is 0 Å². The summed E-state index contributed by atoms with van der Waals surface area (Å²) in [4.78, 5) is 23.8. The second-order valence-electron chi connectivity index (χ2n) is 5.02. The number of hydrogen-bond donors (Lipinski definition) is 2. The third kappa shape index (κ3) is 3.10. The lowest BCUT2D eigenvalue weighted by Crippen LogP contribution is -2.22. The standard InChI is InChI=1S/C14H8O8S2.H2O/c15-13-9-3-1-7(23(17,18)19)5-11(9)14(16)10-4-2-8(6-12(10)13)24(20,21)22;/h1-6H,(H,17,18,19)(H,20,21,22);1H2. The molecule has 0 spiro atoms. The molecule has 0 aromatic heterocycles. The van der Waals surface area contributed by atoms with Gasteiger partial charge in [0.25, 0.3) is 20.2 Å². The number of fused-ring (bicyclic) bond motifs is 2. The van der Waals surface area contributed by atoms with Gasteiger partial charge in [-0.1, -0.05) is 0 Å². The molecule has 0 bridgehead atoms. The number of rotatable bonds is 2. The van der Waals surface area contributed by atoms with E-state index in [1.54, 1.807) is 0 Å². The van der Waals surface area contributed by atoms with Crippen LogP contribution in [0.15, 0.2) is 46.2 Å². The first-order valence-corrected chi connectivity index (χ1v) is 9.20. The lowest BCUT2D eigenvalue weighted by molar-refractivity contribution is 0.0978. The van der Waals surface area contributed by atoms with Gasteiger partial charge < -0.3 is 5.48 Å². The van der Waals surface area contributed by atoms with E-state index in [0.29, 0.717) is 0 Å². The van der Waals surface area contributed by atoms with Crippen LogP contribution in [0.2, 0.25) is 0 Å². The monoisotopic (exact) mass is 386 g/mol. The van der Waals surface area contributed by atoms with Gasteiger partial charge in [0, 0.05) is 22.3 Å². The van der Waals surface area contributed by atoms with Crippen molar-refractivity contribution >= 4 is 31.8 Å². The Morgan fingerprint density at radius 2 is 0.920 bits per heavy atom. The molecule has 9 nitrogen and oxygen atoms in total. The van der Waals surface area contributed by atoms with Crippen molar-refractivity contribution in [3.8, 4) is 0 Å². The van der Waals surface area contributed by atoms with Crippen LogP contribution in [0.3, 0.4) is 0 Å². The van der Waals surface area contributed by atoms with E-state index in [0.717, 1.165) is 36.4 Å². The molecule has 0 unspecified atom stereocenters. The molecule has 0 amide bonds. The average molecular weight is 386 g/mol. The van der Waals surface area contributed by atoms with Gasteiger partial charge in [-0.15, -0.1) is 0 Å². The highest BCUT2D eigenvalue weighted by molar-refractivity contribution is 7.86. The van der Waals surface area contributed by atoms with Gasteiger partial charge in [0.1, 0.15) is 0 Å². The van der Waals surface area contributed by atoms with Crippen molar-refractivity contribution < 1.29 is 41.0 Å². The Morgan fingerprint density at radius 1 is 0.600 bits per heavy atom. The molecule has 3 rings (SSSR count). The zero-order valence-electron chi connectivity index (χ0n) is 12.1. The van der Waals surface area contributed by atoms with Gasteiger partial charge in [0.05, 0.1) is 9.79 Å². The molecule has 132 valence electrons. The van der Waals surface area contributed by atoms with E-state index in [2.05, 4.69) is 0 Å². The molecule has 25 heavy (non-hydrogen) atoms. The maximum Gasteiger partial charge on any atom is 0.294 e. The number of carbonyl (C=O) groups excluding carboxylic acids is 2. The summed E-state index contributed by atoms with van der Waals surface area (Å²) in [5, 5.41) is 0. The van der Waals surface area contributed by atoms with Crippen LogP contribution in [0.1, 0.15) is 31.8 Å². The highest BCUT2D eigenvalue weighted by atomic mass is 32.2. The molecule has 0 saturated heterocycles. The van der Waals surface area contributed by atoms with E-state index in [1.165, 1.54) is 0 Å². The molecule has 2 aromatic rings. The van der Waals surface area contributed by atoms with Crippen LogP contribution in [0.25, 0.3) is 0 Å². The van der Waals surface area contributed by atoms with Crippen molar-refractivity contribution in [2.24, 2.45) is 0 Å². The van der Waals surface area contributed by atoms with Crippen molar-refractivity contribution in [1.82, 2.24) is 0 Å². The molecule has 0 radical (unpaired) electrons. The minimum absolute atomic E-state index is 0. The molecular formula is C14H10O9S2. The van der Waals surface area contributed by atoms with Gasteiger partial charge in [-0.25, -0.2) is 0 Å². The van der Waals surface area contributed by atoms with Crippen LogP contribution >= 0.6 is 0 Å². The number of ketones is 2. The van der Waals surface area contributed by atoms with Gasteiger partial charge in [-0.3, -0.25) is 18.7 Å². The van der Waals surface area contributed by atoms with Crippen molar-refractivity contribution in [3.05, 3.63) is 58.7 Å². The summed E-state index contributed by atoms with van der Waals surface area (Å²) in [5.41, 5.74) is -0.704. The third-order valence-electron chi connectivity index (χ3n) is 3.56. The Labute approximate surface area is 141 Å². The zero-order valence-corrected chi connectivity index (χ0v) is 13.8. The summed E-state index contributed by atoms with van der Waals surface area (Å²) >= 11 is 0. The molecule has 4 N–H and O–H groups in total. The van der Waals surface area contributed by atoms with E-state index in [9.17, 15) is 26.4 Å². The number of benzene rings is 2. The minimum atomic E-state index is -4.56. The topological polar surface area (TPSA) is 174 Å². The second kappa shape index (κ2) is 5.82. The smallest absolute Gasteiger partial charge is 0.294 e. The molecule has 0 aliphatic heterocycles. The normalized spacial score (nSPS) is 13.7. The first-order valence-electron chi connectivity index (χ1n) is 6.32. The van der Waals surface area contributed by atoms with Crippen LogP contribution < -0.4 is 0 Å². The maximum absolute atomic E-state index is 12.5. The fourth-order valence-corrected chi connectivity index (χ4v) is 3.44. The predicted molar refractivity (Wildman–Crippen MR) is 83.0 cm³/mol. The Hall–Kier alpha value is -2.44. The minimum Gasteiger partial charge on any atom is -0.412 e. The van der Waals surface area contributed by atoms with Crippen molar-refractivity contribution in [1.29, 1.82) is 0 Å². The van der Waals surface area contributed by atoms with Crippen LogP contribution in [0.4, 0.5) is 0 Å². The molecule has 11 heteroatoms. The quantitative estimate of drug-likeness (QED) is 0.584. The van der Waals surface area contributed by atoms with E-state index in [-0.39, 0.29) is 27.7 Å². The van der Waals surface area contributed by atoms with Crippen molar-refractivity contribution in [2.75, 3.05) is 0 Å². The fraction of sp³-hybridized carbons (Fsp3) is 0. The largest absolute Gasteiger partial charge is 0.412 e. The summed E-state index contributed by atoms with van der Waals surface area (Å²) in [6, 6.07) is 5.78. The molecule has 2 aromatic carbocycles. The molecule has 0 saturated carbocycles. The van der Waals surface area contributed by atoms with Crippen molar-refractivity contribution in [2.45, 2.75) is 9.79 Å². The van der Waals surface area contributed by atoms with Crippen molar-refractivity contribution in [3.63, 3.8) is 0 Å². The summed E-state index contributed by atoms with van der Waals surface area (Å²) in [5.74, 6) is -1.40. The Kier molecular flexibility index (Phi) is 4.40. The highest BCUT2D eigenvalue weighted by Gasteiger charge is 2.32. The SMILES string of the molecule is O.O=C1c2ccc(S(=O)(=O)O)cc2C(=O)c2ccc(S(=O)(=O)O)cc21. The Morgan fingerprint density at radius 3 is 1.20 bits per heavy atom. The molecule has 0 fully saturated rings. The van der Waals surface area contributed by atoms with Gasteiger partial charge in [-0.2, -0.15) is 16.8 Å². The Balaban J connectivity index is 0.00000225. The first kappa shape index (κ1) is 18.9. The van der Waals surface area contributed by atoms with Crippen LogP contribution in [-0.2, 0) is 20.2 Å². The van der Waals surface area contributed by atoms with Gasteiger partial charge in [0.15, 0.2) is 11.6 Å². The number of carbonyl (C=O) groups is 2. The van der Waals surface area contributed by atoms with Gasteiger partial charge >= 0.3 is 0 Å². The van der Waals surface area contributed by atoms with Crippen LogP contribution in [-0.4, -0.2) is 43.0 Å². The van der Waals surface area contributed by atoms with E-state index in [4.69, 9.17) is 9.11 Å². The lowest BCUT2D eigenvalue weighted by Gasteiger charge is -2.18. The van der Waals surface area contributed by atoms with Crippen LogP contribution in [0, 0.1) is 0 Å². The predicted octanol–water partition coefficient (Wildman–Crippen LogP) is 0.131. The highest BCUT2D eigenvalue weighted by Crippen LogP contribution is 2.30. The third-order valence-corrected chi connectivity index (χ3v) is 5.26. The summed E-state index contributed by atoms with van der Waals surface area (Å²) < 4.78 is 62.8. The summed E-state index contributed by atoms with van der Waals surface area (Å²) in [6.07, 6.45) is 0. The number of hydrogen-bond acceptors (Lipinski definition) is 6.